The molecule has 0 spiro atoms. The lowest BCUT2D eigenvalue weighted by atomic mass is 10.00. The van der Waals surface area contributed by atoms with Crippen LogP contribution in [0.5, 0.6) is 0 Å². The molecular weight excluding hydrogens is 90.1 g/mol. The molecule has 0 saturated carbocycles. The van der Waals surface area contributed by atoms with Gasteiger partial charge in [0.25, 0.3) is 0 Å². The van der Waals surface area contributed by atoms with Gasteiger partial charge in [-0.05, 0) is 6.92 Å². The first-order valence-corrected chi connectivity index (χ1v) is 2.44. The van der Waals surface area contributed by atoms with Crippen LogP contribution in [-0.4, -0.2) is 18.9 Å². The molecular formula is C5H8NO. The Bertz CT molecular complexity index is 86.1. The second kappa shape index (κ2) is 1.62. The molecule has 0 unspecified atom stereocenters. The summed E-state index contributed by atoms with van der Waals surface area (Å²) in [4.78, 5) is 10.4. The summed E-state index contributed by atoms with van der Waals surface area (Å²) in [5, 5.41) is 3.90. The maximum absolute atomic E-state index is 10.4. The van der Waals surface area contributed by atoms with Gasteiger partial charge >= 0.3 is 0 Å². The molecule has 1 aliphatic heterocycles. The van der Waals surface area contributed by atoms with E-state index < -0.39 is 0 Å². The number of hydrogen-bond acceptors (Lipinski definition) is 1. The van der Waals surface area contributed by atoms with E-state index in [9.17, 15) is 4.79 Å². The molecule has 0 aromatic rings. The molecule has 1 saturated heterocycles. The fraction of sp³-hybridized carbons (Fsp3) is 0.800. The minimum absolute atomic E-state index is 0.278. The number of rotatable bonds is 1. The van der Waals surface area contributed by atoms with Crippen LogP contribution in [0.2, 0.25) is 0 Å². The summed E-state index contributed by atoms with van der Waals surface area (Å²) in [6.45, 7) is 3.17. The van der Waals surface area contributed by atoms with E-state index in [1.807, 2.05) is 0 Å². The molecule has 0 N–H and O–H groups in total. The highest BCUT2D eigenvalue weighted by molar-refractivity contribution is 5.79. The van der Waals surface area contributed by atoms with Crippen LogP contribution in [0.3, 0.4) is 0 Å². The van der Waals surface area contributed by atoms with E-state index in [1.165, 1.54) is 0 Å². The van der Waals surface area contributed by atoms with Crippen molar-refractivity contribution in [3.63, 3.8) is 0 Å². The van der Waals surface area contributed by atoms with Gasteiger partial charge in [0.15, 0.2) is 0 Å². The summed E-state index contributed by atoms with van der Waals surface area (Å²) in [5.74, 6) is 0.565. The van der Waals surface area contributed by atoms with Crippen molar-refractivity contribution in [1.29, 1.82) is 0 Å². The van der Waals surface area contributed by atoms with Crippen LogP contribution in [0.15, 0.2) is 0 Å². The van der Waals surface area contributed by atoms with E-state index >= 15 is 0 Å². The molecule has 1 rings (SSSR count). The SMILES string of the molecule is CC(=O)C1C[N]C1. The van der Waals surface area contributed by atoms with Gasteiger partial charge in [0.05, 0.1) is 0 Å². The maximum Gasteiger partial charge on any atom is 0.135 e. The van der Waals surface area contributed by atoms with Gasteiger partial charge in [-0.1, -0.05) is 0 Å². The van der Waals surface area contributed by atoms with E-state index in [4.69, 9.17) is 0 Å². The van der Waals surface area contributed by atoms with E-state index in [1.54, 1.807) is 6.92 Å². The molecule has 1 fully saturated rings. The number of ketones is 1. The second-order valence-corrected chi connectivity index (χ2v) is 1.90. The summed E-state index contributed by atoms with van der Waals surface area (Å²) in [6.07, 6.45) is 0. The fourth-order valence-electron chi connectivity index (χ4n) is 0.515. The normalized spacial score (nSPS) is 21.3. The minimum atomic E-state index is 0.278. The number of nitrogens with zero attached hydrogens (tertiary/aromatic N) is 1. The Morgan fingerprint density at radius 1 is 1.71 bits per heavy atom. The molecule has 1 heterocycles. The van der Waals surface area contributed by atoms with Gasteiger partial charge in [0, 0.05) is 19.0 Å². The lowest BCUT2D eigenvalue weighted by Crippen LogP contribution is -2.40. The van der Waals surface area contributed by atoms with Gasteiger partial charge in [-0.15, -0.1) is 0 Å². The van der Waals surface area contributed by atoms with Crippen molar-refractivity contribution in [2.24, 2.45) is 5.92 Å². The summed E-state index contributed by atoms with van der Waals surface area (Å²) in [6, 6.07) is 0. The zero-order valence-electron chi connectivity index (χ0n) is 4.35. The van der Waals surface area contributed by atoms with E-state index in [2.05, 4.69) is 5.32 Å². The number of carbonyl (C=O) groups is 1. The molecule has 2 heteroatoms. The third kappa shape index (κ3) is 0.800. The number of hydrogen-bond donors (Lipinski definition) is 0. The molecule has 1 aliphatic rings. The van der Waals surface area contributed by atoms with Crippen molar-refractivity contribution >= 4 is 5.78 Å². The predicted octanol–water partition coefficient (Wildman–Crippen LogP) is -0.190. The van der Waals surface area contributed by atoms with Crippen LogP contribution in [0.4, 0.5) is 0 Å². The lowest BCUT2D eigenvalue weighted by Gasteiger charge is -2.21. The zero-order valence-corrected chi connectivity index (χ0v) is 4.35. The lowest BCUT2D eigenvalue weighted by molar-refractivity contribution is -0.122. The van der Waals surface area contributed by atoms with Crippen molar-refractivity contribution in [1.82, 2.24) is 5.32 Å². The second-order valence-electron chi connectivity index (χ2n) is 1.90. The van der Waals surface area contributed by atoms with Crippen LogP contribution in [-0.2, 0) is 4.79 Å². The van der Waals surface area contributed by atoms with E-state index in [0.29, 0.717) is 0 Å². The monoisotopic (exact) mass is 98.1 g/mol. The third-order valence-corrected chi connectivity index (χ3v) is 1.27. The van der Waals surface area contributed by atoms with Gasteiger partial charge in [0.2, 0.25) is 0 Å². The van der Waals surface area contributed by atoms with Crippen molar-refractivity contribution in [2.45, 2.75) is 6.92 Å². The van der Waals surface area contributed by atoms with Gasteiger partial charge in [-0.2, -0.15) is 0 Å². The Morgan fingerprint density at radius 3 is 2.29 bits per heavy atom. The van der Waals surface area contributed by atoms with Crippen LogP contribution >= 0.6 is 0 Å². The highest BCUT2D eigenvalue weighted by atomic mass is 16.1. The van der Waals surface area contributed by atoms with E-state index in [0.717, 1.165) is 13.1 Å². The Morgan fingerprint density at radius 2 is 2.29 bits per heavy atom. The van der Waals surface area contributed by atoms with E-state index in [-0.39, 0.29) is 11.7 Å². The first-order valence-electron chi connectivity index (χ1n) is 2.44. The average Bonchev–Trinajstić information content (AvgIpc) is 1.23. The van der Waals surface area contributed by atoms with Crippen molar-refractivity contribution in [3.05, 3.63) is 0 Å². The van der Waals surface area contributed by atoms with Crippen LogP contribution < -0.4 is 5.32 Å². The third-order valence-electron chi connectivity index (χ3n) is 1.27. The summed E-state index contributed by atoms with van der Waals surface area (Å²) >= 11 is 0. The molecule has 0 bridgehead atoms. The molecule has 7 heavy (non-hydrogen) atoms. The molecule has 0 atom stereocenters. The molecule has 2 nitrogen and oxygen atoms in total. The summed E-state index contributed by atoms with van der Waals surface area (Å²) in [5.41, 5.74) is 0. The molecule has 39 valence electrons. The zero-order chi connectivity index (χ0) is 5.28. The topological polar surface area (TPSA) is 31.2 Å². The Kier molecular flexibility index (Phi) is 1.11. The first-order chi connectivity index (χ1) is 3.30. The van der Waals surface area contributed by atoms with Crippen LogP contribution in [0.25, 0.3) is 0 Å². The van der Waals surface area contributed by atoms with Crippen LogP contribution in [0, 0.1) is 5.92 Å². The Hall–Kier alpha value is -0.370. The van der Waals surface area contributed by atoms with Crippen molar-refractivity contribution in [2.75, 3.05) is 13.1 Å². The standard InChI is InChI=1S/C5H8NO/c1-4(7)5-2-6-3-5/h5H,2-3H2,1H3. The smallest absolute Gasteiger partial charge is 0.135 e. The predicted molar refractivity (Wildman–Crippen MR) is 26.0 cm³/mol. The quantitative estimate of drug-likeness (QED) is 0.447. The number of carbonyl (C=O) groups excluding carboxylic acids is 1. The summed E-state index contributed by atoms with van der Waals surface area (Å²) < 4.78 is 0. The van der Waals surface area contributed by atoms with Gasteiger partial charge in [-0.3, -0.25) is 4.79 Å². The highest BCUT2D eigenvalue weighted by Gasteiger charge is 2.21. The van der Waals surface area contributed by atoms with Gasteiger partial charge < -0.3 is 0 Å². The van der Waals surface area contributed by atoms with Gasteiger partial charge in [-0.25, -0.2) is 5.32 Å². The van der Waals surface area contributed by atoms with Crippen LogP contribution in [0.1, 0.15) is 6.92 Å². The molecule has 1 radical (unpaired) electrons. The maximum atomic E-state index is 10.4. The summed E-state index contributed by atoms with van der Waals surface area (Å²) in [7, 11) is 0. The first kappa shape index (κ1) is 4.78. The minimum Gasteiger partial charge on any atom is -0.300 e. The molecule has 0 aliphatic carbocycles. The van der Waals surface area contributed by atoms with Gasteiger partial charge in [0.1, 0.15) is 5.78 Å². The molecule has 0 amide bonds. The average molecular weight is 98.1 g/mol. The highest BCUT2D eigenvalue weighted by Crippen LogP contribution is 2.04. The molecule has 0 aromatic heterocycles. The Balaban J connectivity index is 2.27. The largest absolute Gasteiger partial charge is 0.300 e. The number of Topliss-reactive ketones (excluding diaryl/α,β-unsaturated/α-hetero) is 1. The Labute approximate surface area is 42.9 Å². The fourth-order valence-corrected chi connectivity index (χ4v) is 0.515. The molecule has 0 aromatic carbocycles. The van der Waals surface area contributed by atoms with Crippen molar-refractivity contribution < 1.29 is 4.79 Å². The van der Waals surface area contributed by atoms with Crippen molar-refractivity contribution in [3.8, 4) is 0 Å².